The Kier molecular flexibility index (Phi) is 4.04. The molecule has 20 heavy (non-hydrogen) atoms. The summed E-state index contributed by atoms with van der Waals surface area (Å²) in [4.78, 5) is 3.94. The van der Waals surface area contributed by atoms with E-state index in [4.69, 9.17) is 16.7 Å². The van der Waals surface area contributed by atoms with Crippen LogP contribution in [0.25, 0.3) is 0 Å². The van der Waals surface area contributed by atoms with Gasteiger partial charge in [0.1, 0.15) is 5.75 Å². The Morgan fingerprint density at radius 2 is 1.95 bits per heavy atom. The normalized spacial score (nSPS) is 11.4. The van der Waals surface area contributed by atoms with Gasteiger partial charge < -0.3 is 10.4 Å². The molecule has 2 rings (SSSR count). The van der Waals surface area contributed by atoms with Gasteiger partial charge in [-0.3, -0.25) is 4.98 Å². The Bertz CT molecular complexity index is 600. The van der Waals surface area contributed by atoms with E-state index in [-0.39, 0.29) is 17.3 Å². The van der Waals surface area contributed by atoms with Crippen LogP contribution in [0.2, 0.25) is 5.02 Å². The van der Waals surface area contributed by atoms with Gasteiger partial charge in [0.2, 0.25) is 0 Å². The lowest BCUT2D eigenvalue weighted by Crippen LogP contribution is -2.06. The molecule has 0 atom stereocenters. The van der Waals surface area contributed by atoms with Crippen molar-refractivity contribution in [3.05, 3.63) is 52.8 Å². The number of hydrogen-bond acceptors (Lipinski definition) is 3. The fourth-order valence-electron chi connectivity index (χ4n) is 1.54. The van der Waals surface area contributed by atoms with Crippen molar-refractivity contribution in [3.63, 3.8) is 0 Å². The van der Waals surface area contributed by atoms with Crippen molar-refractivity contribution in [2.75, 3.05) is 5.32 Å². The van der Waals surface area contributed by atoms with Crippen LogP contribution in [0.3, 0.4) is 0 Å². The Balaban J connectivity index is 2.08. The van der Waals surface area contributed by atoms with Crippen molar-refractivity contribution < 1.29 is 18.3 Å². The van der Waals surface area contributed by atoms with Crippen LogP contribution in [0.4, 0.5) is 18.9 Å². The van der Waals surface area contributed by atoms with Crippen LogP contribution in [0.15, 0.2) is 36.5 Å². The van der Waals surface area contributed by atoms with Crippen LogP contribution in [-0.4, -0.2) is 10.1 Å². The first kappa shape index (κ1) is 14.5. The molecule has 3 nitrogen and oxygen atoms in total. The SMILES string of the molecule is Oc1ccc(CNc2ccc(C(F)(F)F)cc2Cl)nc1. The molecule has 0 aliphatic rings. The number of aromatic hydroxyl groups is 1. The van der Waals surface area contributed by atoms with Crippen LogP contribution >= 0.6 is 11.6 Å². The average molecular weight is 303 g/mol. The molecule has 0 unspecified atom stereocenters. The van der Waals surface area contributed by atoms with Gasteiger partial charge in [-0.05, 0) is 30.3 Å². The summed E-state index contributed by atoms with van der Waals surface area (Å²) in [6, 6.07) is 6.16. The highest BCUT2D eigenvalue weighted by Gasteiger charge is 2.30. The Labute approximate surface area is 118 Å². The molecule has 0 spiro atoms. The van der Waals surface area contributed by atoms with Crippen molar-refractivity contribution in [3.8, 4) is 5.75 Å². The van der Waals surface area contributed by atoms with Crippen LogP contribution in [0.5, 0.6) is 5.75 Å². The van der Waals surface area contributed by atoms with Crippen molar-refractivity contribution in [2.45, 2.75) is 12.7 Å². The van der Waals surface area contributed by atoms with Gasteiger partial charge in [0.15, 0.2) is 0 Å². The number of aromatic nitrogens is 1. The van der Waals surface area contributed by atoms with Crippen LogP contribution in [-0.2, 0) is 12.7 Å². The largest absolute Gasteiger partial charge is 0.506 e. The second kappa shape index (κ2) is 5.58. The first-order valence-corrected chi connectivity index (χ1v) is 5.98. The first-order valence-electron chi connectivity index (χ1n) is 5.61. The van der Waals surface area contributed by atoms with E-state index < -0.39 is 11.7 Å². The summed E-state index contributed by atoms with van der Waals surface area (Å²) in [6.07, 6.45) is -3.13. The molecular weight excluding hydrogens is 293 g/mol. The van der Waals surface area contributed by atoms with Crippen LogP contribution < -0.4 is 5.32 Å². The van der Waals surface area contributed by atoms with E-state index in [0.29, 0.717) is 11.4 Å². The van der Waals surface area contributed by atoms with Crippen molar-refractivity contribution in [2.24, 2.45) is 0 Å². The third-order valence-corrected chi connectivity index (χ3v) is 2.88. The highest BCUT2D eigenvalue weighted by Crippen LogP contribution is 2.33. The molecule has 0 aliphatic heterocycles. The maximum atomic E-state index is 12.5. The second-order valence-corrected chi connectivity index (χ2v) is 4.46. The molecule has 1 aromatic carbocycles. The summed E-state index contributed by atoms with van der Waals surface area (Å²) < 4.78 is 37.4. The van der Waals surface area contributed by atoms with Crippen molar-refractivity contribution in [1.82, 2.24) is 4.98 Å². The smallest absolute Gasteiger partial charge is 0.416 e. The minimum Gasteiger partial charge on any atom is -0.506 e. The van der Waals surface area contributed by atoms with E-state index in [1.54, 1.807) is 6.07 Å². The van der Waals surface area contributed by atoms with E-state index in [1.807, 2.05) is 0 Å². The molecule has 7 heteroatoms. The average Bonchev–Trinajstić information content (AvgIpc) is 2.38. The number of alkyl halides is 3. The van der Waals surface area contributed by atoms with Gasteiger partial charge in [-0.15, -0.1) is 0 Å². The summed E-state index contributed by atoms with van der Waals surface area (Å²) in [5.41, 5.74) is 0.212. The Hall–Kier alpha value is -1.95. The topological polar surface area (TPSA) is 45.1 Å². The molecule has 2 aromatic rings. The summed E-state index contributed by atoms with van der Waals surface area (Å²) in [5.74, 6) is 0.0429. The molecule has 0 radical (unpaired) electrons. The molecule has 2 N–H and O–H groups in total. The molecule has 0 bridgehead atoms. The first-order chi connectivity index (χ1) is 9.36. The highest BCUT2D eigenvalue weighted by molar-refractivity contribution is 6.33. The minimum absolute atomic E-state index is 0.0152. The number of nitrogens with zero attached hydrogens (tertiary/aromatic N) is 1. The van der Waals surface area contributed by atoms with Gasteiger partial charge >= 0.3 is 6.18 Å². The molecule has 0 saturated carbocycles. The van der Waals surface area contributed by atoms with E-state index in [0.717, 1.165) is 12.1 Å². The lowest BCUT2D eigenvalue weighted by Gasteiger charge is -2.11. The zero-order valence-corrected chi connectivity index (χ0v) is 10.8. The predicted octanol–water partition coefficient (Wildman–Crippen LogP) is 4.07. The van der Waals surface area contributed by atoms with E-state index >= 15 is 0 Å². The zero-order valence-electron chi connectivity index (χ0n) is 10.1. The number of rotatable bonds is 3. The van der Waals surface area contributed by atoms with Crippen LogP contribution in [0, 0.1) is 0 Å². The Morgan fingerprint density at radius 3 is 2.50 bits per heavy atom. The number of anilines is 1. The number of halogens is 4. The van der Waals surface area contributed by atoms with E-state index in [1.165, 1.54) is 18.3 Å². The molecule has 106 valence electrons. The summed E-state index contributed by atoms with van der Waals surface area (Å²) in [5, 5.41) is 12.0. The number of hydrogen-bond donors (Lipinski definition) is 2. The third-order valence-electron chi connectivity index (χ3n) is 2.57. The highest BCUT2D eigenvalue weighted by atomic mass is 35.5. The van der Waals surface area contributed by atoms with Crippen LogP contribution in [0.1, 0.15) is 11.3 Å². The molecule has 0 fully saturated rings. The number of nitrogens with one attached hydrogen (secondary N) is 1. The lowest BCUT2D eigenvalue weighted by molar-refractivity contribution is -0.137. The van der Waals surface area contributed by atoms with Gasteiger partial charge in [-0.2, -0.15) is 13.2 Å². The summed E-state index contributed by atoms with van der Waals surface area (Å²) >= 11 is 5.80. The number of pyridine rings is 1. The van der Waals surface area contributed by atoms with Crippen molar-refractivity contribution in [1.29, 1.82) is 0 Å². The van der Waals surface area contributed by atoms with Gasteiger partial charge in [-0.1, -0.05) is 11.6 Å². The maximum Gasteiger partial charge on any atom is 0.416 e. The lowest BCUT2D eigenvalue weighted by atomic mass is 10.2. The summed E-state index contributed by atoms with van der Waals surface area (Å²) in [6.45, 7) is 0.283. The van der Waals surface area contributed by atoms with E-state index in [9.17, 15) is 13.2 Å². The number of benzene rings is 1. The van der Waals surface area contributed by atoms with Gasteiger partial charge in [0.05, 0.1) is 34.7 Å². The van der Waals surface area contributed by atoms with E-state index in [2.05, 4.69) is 10.3 Å². The maximum absolute atomic E-state index is 12.5. The monoisotopic (exact) mass is 302 g/mol. The second-order valence-electron chi connectivity index (χ2n) is 4.05. The molecule has 0 saturated heterocycles. The third kappa shape index (κ3) is 3.54. The zero-order chi connectivity index (χ0) is 14.8. The minimum atomic E-state index is -4.42. The fraction of sp³-hybridized carbons (Fsp3) is 0.154. The molecule has 1 heterocycles. The fourth-order valence-corrected chi connectivity index (χ4v) is 1.79. The van der Waals surface area contributed by atoms with Gasteiger partial charge in [0, 0.05) is 0 Å². The standard InChI is InChI=1S/C13H10ClF3N2O/c14-11-5-8(13(15,16)17)1-4-12(11)19-6-9-2-3-10(20)7-18-9/h1-5,7,19-20H,6H2. The quantitative estimate of drug-likeness (QED) is 0.898. The summed E-state index contributed by atoms with van der Waals surface area (Å²) in [7, 11) is 0. The van der Waals surface area contributed by atoms with Crippen molar-refractivity contribution >= 4 is 17.3 Å². The molecule has 0 amide bonds. The molecule has 0 aliphatic carbocycles. The Morgan fingerprint density at radius 1 is 1.20 bits per heavy atom. The molecular formula is C13H10ClF3N2O. The predicted molar refractivity (Wildman–Crippen MR) is 69.7 cm³/mol. The van der Waals surface area contributed by atoms with Gasteiger partial charge in [0.25, 0.3) is 0 Å². The molecule has 1 aromatic heterocycles. The van der Waals surface area contributed by atoms with Gasteiger partial charge in [-0.25, -0.2) is 0 Å².